The highest BCUT2D eigenvalue weighted by molar-refractivity contribution is 7.46. The molecule has 0 aromatic carbocycles. The molecule has 12 heterocycles. The van der Waals surface area contributed by atoms with Crippen molar-refractivity contribution in [3.8, 4) is 19.5 Å². The van der Waals surface area contributed by atoms with Gasteiger partial charge in [0, 0.05) is 45.7 Å². The molecule has 0 N–H and O–H groups in total. The number of rotatable bonds is 58. The Balaban J connectivity index is 0.940. The van der Waals surface area contributed by atoms with Crippen LogP contribution in [-0.2, 0) is 32.0 Å². The maximum absolute atomic E-state index is 15.7. The molecule has 4 atom stereocenters. The molecule has 116 heavy (non-hydrogen) atoms. The first-order valence-electron chi connectivity index (χ1n) is 46.9. The van der Waals surface area contributed by atoms with E-state index in [-0.39, 0.29) is 23.6 Å². The Bertz CT molecular complexity index is 4300. The van der Waals surface area contributed by atoms with Crippen LogP contribution in [0.3, 0.4) is 0 Å². The van der Waals surface area contributed by atoms with Crippen molar-refractivity contribution in [2.75, 3.05) is 26.2 Å². The van der Waals surface area contributed by atoms with Gasteiger partial charge >= 0.3 is 0 Å². The zero-order valence-electron chi connectivity index (χ0n) is 72.7. The first-order chi connectivity index (χ1) is 56.9. The molecule has 4 unspecified atom stereocenters. The van der Waals surface area contributed by atoms with Crippen molar-refractivity contribution >= 4 is 165 Å². The molecule has 0 bridgehead atoms. The van der Waals surface area contributed by atoms with E-state index in [1.165, 1.54) is 213 Å². The second-order valence-electron chi connectivity index (χ2n) is 34.5. The van der Waals surface area contributed by atoms with Crippen LogP contribution in [0.15, 0.2) is 81.6 Å². The lowest BCUT2D eigenvalue weighted by molar-refractivity contribution is -0.124. The van der Waals surface area contributed by atoms with Gasteiger partial charge in [0.2, 0.25) is 0 Å². The van der Waals surface area contributed by atoms with E-state index in [0.717, 1.165) is 171 Å². The van der Waals surface area contributed by atoms with E-state index in [4.69, 9.17) is 0 Å². The Hall–Kier alpha value is -4.78. The number of carbonyl (C=O) groups is 4. The molecule has 8 aromatic rings. The number of amides is 4. The summed E-state index contributed by atoms with van der Waals surface area (Å²) in [4.78, 5) is 80.4. The summed E-state index contributed by atoms with van der Waals surface area (Å²) in [7, 11) is 0. The Labute approximate surface area is 731 Å². The summed E-state index contributed by atoms with van der Waals surface area (Å²) in [5.74, 6) is 1.32. The van der Waals surface area contributed by atoms with Crippen LogP contribution in [0.2, 0.25) is 0 Å². The molecule has 16 heteroatoms. The van der Waals surface area contributed by atoms with Crippen LogP contribution < -0.4 is 0 Å². The van der Waals surface area contributed by atoms with E-state index in [9.17, 15) is 0 Å². The number of unbranched alkanes of at least 4 members (excludes halogenated alkanes) is 28. The monoisotopic (exact) mass is 1720 g/mol. The summed E-state index contributed by atoms with van der Waals surface area (Å²) in [6.07, 6.45) is 53.5. The average molecular weight is 1720 g/mol. The zero-order valence-corrected chi connectivity index (χ0v) is 79.2. The van der Waals surface area contributed by atoms with Crippen molar-refractivity contribution < 1.29 is 19.2 Å². The van der Waals surface area contributed by atoms with Crippen molar-refractivity contribution in [1.29, 1.82) is 0 Å². The summed E-state index contributed by atoms with van der Waals surface area (Å²) in [6, 6.07) is 17.6. The molecule has 12 rings (SSSR count). The van der Waals surface area contributed by atoms with E-state index in [1.807, 2.05) is 77.8 Å². The average Bonchev–Trinajstić information content (AvgIpc) is 1.56. The number of carbonyl (C=O) groups excluding carboxylic acids is 4. The molecule has 8 aromatic heterocycles. The van der Waals surface area contributed by atoms with Gasteiger partial charge in [-0.3, -0.25) is 19.2 Å². The van der Waals surface area contributed by atoms with Gasteiger partial charge in [-0.25, -0.2) is 0 Å². The highest BCUT2D eigenvalue weighted by atomic mass is 32.1. The number of hydrogen-bond acceptors (Lipinski definition) is 12. The van der Waals surface area contributed by atoms with Crippen molar-refractivity contribution in [3.63, 3.8) is 0 Å². The summed E-state index contributed by atoms with van der Waals surface area (Å²) >= 11 is 15.0. The highest BCUT2D eigenvalue weighted by Gasteiger charge is 2.52. The molecule has 0 radical (unpaired) electrons. The molecular formula is C100H140N4O4S8. The maximum atomic E-state index is 15.7. The lowest BCUT2D eigenvalue weighted by atomic mass is 9.98. The number of hydrogen-bond donors (Lipinski definition) is 0. The van der Waals surface area contributed by atoms with E-state index < -0.39 is 0 Å². The third kappa shape index (κ3) is 21.3. The second kappa shape index (κ2) is 45.9. The van der Waals surface area contributed by atoms with Crippen LogP contribution >= 0.6 is 90.7 Å². The third-order valence-electron chi connectivity index (χ3n) is 25.9. The SMILES string of the molecule is CCCCCCCCCCCCCCCc1c(-c2ccc(C3=C4C(=O)N(CC(CC)CCCC)C(c5cccs5)=C4C(=O)N3CC(CC)CCCC)s2)sc2c1sc1c3sc(-c4ccc(C5=C6C(=O)N(CC(CC)CCCC)C(c7cccs7)=C6C(=O)N5CC(CC)CCCC)s4)c(CCCCCCCCCCCCCCC)c3sc21. The molecule has 4 aliphatic heterocycles. The van der Waals surface area contributed by atoms with E-state index in [2.05, 4.69) is 138 Å². The first kappa shape index (κ1) is 90.5. The topological polar surface area (TPSA) is 81.2 Å². The molecule has 4 amide bonds. The van der Waals surface area contributed by atoms with Gasteiger partial charge < -0.3 is 19.6 Å². The molecule has 0 saturated carbocycles. The Kier molecular flexibility index (Phi) is 35.8. The third-order valence-corrected chi connectivity index (χ3v) is 35.9. The standard InChI is InChI=1S/C100H140N4O4S8/c1-11-21-27-29-31-33-35-37-39-41-43-45-47-55-73-89(79-61-59-77(111-79)87-83-81(97(105)103(87)67-71(19-9)53-25-15-5)85(75-57-49-63-109-75)101(99(83)107)65-69(17-7)51-23-13-3)113-93-91(73)115-96-94-92(116-95(93)96)74(56-48-46-44-42-40-38-36-34-32-30-28-22-12-2)90(114-94)80-62-60-78(112-80)88-84-82(98(106)104(88)68-72(20-10)54-26-16-6)86(76-58-50-64-110-76)102(100(84)108)66-70(18-8)52-24-14-4/h49-50,57-64,69-72H,11-48,51-56,65-68H2,1-10H3. The molecule has 0 spiro atoms. The Morgan fingerprint density at radius 3 is 0.767 bits per heavy atom. The molecule has 0 saturated heterocycles. The van der Waals surface area contributed by atoms with Gasteiger partial charge in [-0.2, -0.15) is 0 Å². The van der Waals surface area contributed by atoms with E-state index in [0.29, 0.717) is 72.1 Å². The molecule has 0 fully saturated rings. The fourth-order valence-electron chi connectivity index (χ4n) is 18.7. The van der Waals surface area contributed by atoms with E-state index in [1.54, 1.807) is 22.7 Å². The largest absolute Gasteiger partial charge is 0.306 e. The van der Waals surface area contributed by atoms with Gasteiger partial charge in [-0.15, -0.1) is 90.7 Å². The van der Waals surface area contributed by atoms with Crippen LogP contribution in [0.4, 0.5) is 0 Å². The molecule has 632 valence electrons. The molecule has 4 aliphatic rings. The molecule has 0 aliphatic carbocycles. The summed E-state index contributed by atoms with van der Waals surface area (Å²) in [5.41, 5.74) is 8.75. The second-order valence-corrected chi connectivity index (χ2v) is 42.6. The summed E-state index contributed by atoms with van der Waals surface area (Å²) in [5, 5.41) is 4.19. The minimum Gasteiger partial charge on any atom is -0.306 e. The van der Waals surface area contributed by atoms with Gasteiger partial charge in [-0.05, 0) is 133 Å². The normalized spacial score (nSPS) is 15.8. The number of nitrogens with zero attached hydrogens (tertiary/aromatic N) is 4. The Morgan fingerprint density at radius 2 is 0.509 bits per heavy atom. The highest BCUT2D eigenvalue weighted by Crippen LogP contribution is 2.59. The summed E-state index contributed by atoms with van der Waals surface area (Å²) in [6.45, 7) is 25.2. The lowest BCUT2D eigenvalue weighted by Gasteiger charge is -2.29. The fourth-order valence-corrected chi connectivity index (χ4v) is 28.9. The summed E-state index contributed by atoms with van der Waals surface area (Å²) < 4.78 is 8.57. The van der Waals surface area contributed by atoms with Crippen LogP contribution in [0, 0.1) is 23.7 Å². The predicted octanol–water partition coefficient (Wildman–Crippen LogP) is 32.7. The van der Waals surface area contributed by atoms with Gasteiger partial charge in [0.1, 0.15) is 0 Å². The molecule has 8 nitrogen and oxygen atoms in total. The zero-order chi connectivity index (χ0) is 81.5. The Morgan fingerprint density at radius 1 is 0.259 bits per heavy atom. The minimum absolute atomic E-state index is 0.00478. The predicted molar refractivity (Wildman–Crippen MR) is 512 cm³/mol. The maximum Gasteiger partial charge on any atom is 0.261 e. The quantitative estimate of drug-likeness (QED) is 0.0356. The van der Waals surface area contributed by atoms with Gasteiger partial charge in [0.15, 0.2) is 0 Å². The number of fused-ring (bicyclic) bond motifs is 7. The van der Waals surface area contributed by atoms with Crippen LogP contribution in [0.5, 0.6) is 0 Å². The van der Waals surface area contributed by atoms with Crippen molar-refractivity contribution in [2.45, 2.75) is 352 Å². The minimum atomic E-state index is -0.00478. The van der Waals surface area contributed by atoms with Crippen molar-refractivity contribution in [3.05, 3.63) is 112 Å². The van der Waals surface area contributed by atoms with Gasteiger partial charge in [0.05, 0.1) is 92.8 Å². The van der Waals surface area contributed by atoms with Crippen LogP contribution in [-0.4, -0.2) is 69.4 Å². The van der Waals surface area contributed by atoms with Crippen molar-refractivity contribution in [2.24, 2.45) is 23.7 Å². The fraction of sp³-hybridized carbons (Fsp3) is 0.620. The van der Waals surface area contributed by atoms with Gasteiger partial charge in [0.25, 0.3) is 23.6 Å². The molecular weight excluding hydrogens is 1580 g/mol. The van der Waals surface area contributed by atoms with E-state index >= 15 is 19.2 Å². The smallest absolute Gasteiger partial charge is 0.261 e. The first-order valence-corrected chi connectivity index (χ1v) is 53.5. The number of thiophene rings is 8. The number of aryl methyl sites for hydroxylation is 2. The van der Waals surface area contributed by atoms with Crippen LogP contribution in [0.25, 0.3) is 70.5 Å². The van der Waals surface area contributed by atoms with Gasteiger partial charge in [-0.1, -0.05) is 313 Å². The lowest BCUT2D eigenvalue weighted by Crippen LogP contribution is -2.34. The van der Waals surface area contributed by atoms with Crippen LogP contribution in [0.1, 0.15) is 370 Å². The van der Waals surface area contributed by atoms with Crippen molar-refractivity contribution in [1.82, 2.24) is 19.6 Å².